The molecular formula is C12H13N5S. The molecule has 0 aliphatic rings. The number of thiazole rings is 1. The lowest BCUT2D eigenvalue weighted by Gasteiger charge is -2.11. The van der Waals surface area contributed by atoms with E-state index in [4.69, 9.17) is 5.73 Å². The highest BCUT2D eigenvalue weighted by Gasteiger charge is 2.16. The Kier molecular flexibility index (Phi) is 2.52. The van der Waals surface area contributed by atoms with E-state index in [1.165, 1.54) is 11.3 Å². The monoisotopic (exact) mass is 259 g/mol. The maximum atomic E-state index is 5.69. The highest BCUT2D eigenvalue weighted by molar-refractivity contribution is 7.13. The van der Waals surface area contributed by atoms with Gasteiger partial charge in [-0.25, -0.2) is 9.97 Å². The Morgan fingerprint density at radius 2 is 2.17 bits per heavy atom. The van der Waals surface area contributed by atoms with Gasteiger partial charge >= 0.3 is 0 Å². The van der Waals surface area contributed by atoms with Crippen LogP contribution in [0.2, 0.25) is 0 Å². The molecule has 0 aliphatic carbocycles. The zero-order valence-electron chi connectivity index (χ0n) is 10.2. The van der Waals surface area contributed by atoms with Gasteiger partial charge in [0, 0.05) is 17.6 Å². The molecule has 2 N–H and O–H groups in total. The van der Waals surface area contributed by atoms with Crippen LogP contribution in [0.25, 0.3) is 22.6 Å². The van der Waals surface area contributed by atoms with Crippen LogP contribution in [0.1, 0.15) is 19.9 Å². The smallest absolute Gasteiger partial charge is 0.180 e. The highest BCUT2D eigenvalue weighted by Crippen LogP contribution is 2.29. The number of pyridine rings is 1. The Labute approximate surface area is 108 Å². The molecule has 0 bridgehead atoms. The number of hydrogen-bond donors (Lipinski definition) is 1. The van der Waals surface area contributed by atoms with Crippen molar-refractivity contribution in [2.45, 2.75) is 19.9 Å². The molecule has 0 fully saturated rings. The third kappa shape index (κ3) is 1.65. The van der Waals surface area contributed by atoms with Crippen LogP contribution in [0, 0.1) is 0 Å². The molecule has 0 amide bonds. The van der Waals surface area contributed by atoms with Crippen LogP contribution in [-0.4, -0.2) is 19.5 Å². The molecular weight excluding hydrogens is 246 g/mol. The molecule has 3 aromatic heterocycles. The zero-order chi connectivity index (χ0) is 12.7. The maximum absolute atomic E-state index is 5.69. The van der Waals surface area contributed by atoms with Crippen molar-refractivity contribution in [1.82, 2.24) is 19.5 Å². The molecule has 0 radical (unpaired) electrons. The van der Waals surface area contributed by atoms with Crippen LogP contribution in [-0.2, 0) is 0 Å². The van der Waals surface area contributed by atoms with Crippen molar-refractivity contribution in [3.63, 3.8) is 0 Å². The fourth-order valence-electron chi connectivity index (χ4n) is 2.04. The zero-order valence-corrected chi connectivity index (χ0v) is 11.0. The standard InChI is InChI=1S/C12H13N5S/c1-7(2)17-10-3-4-14-5-8(10)15-11(17)9-6-18-12(13)16-9/h3-7H,1-2H3,(H2,13,16). The van der Waals surface area contributed by atoms with Gasteiger partial charge in [0.25, 0.3) is 0 Å². The molecule has 18 heavy (non-hydrogen) atoms. The maximum Gasteiger partial charge on any atom is 0.180 e. The first-order valence-corrected chi connectivity index (χ1v) is 6.58. The van der Waals surface area contributed by atoms with Crippen LogP contribution in [0.3, 0.4) is 0 Å². The summed E-state index contributed by atoms with van der Waals surface area (Å²) in [5, 5.41) is 2.49. The molecule has 0 saturated heterocycles. The van der Waals surface area contributed by atoms with Crippen molar-refractivity contribution in [2.24, 2.45) is 0 Å². The van der Waals surface area contributed by atoms with Crippen LogP contribution in [0.5, 0.6) is 0 Å². The summed E-state index contributed by atoms with van der Waals surface area (Å²) in [5.41, 5.74) is 8.47. The second-order valence-corrected chi connectivity index (χ2v) is 5.22. The van der Waals surface area contributed by atoms with Crippen LogP contribution in [0.4, 0.5) is 5.13 Å². The van der Waals surface area contributed by atoms with Gasteiger partial charge in [-0.2, -0.15) is 0 Å². The van der Waals surface area contributed by atoms with Gasteiger partial charge in [-0.3, -0.25) is 4.98 Å². The molecule has 3 aromatic rings. The molecule has 92 valence electrons. The summed E-state index contributed by atoms with van der Waals surface area (Å²) in [5.74, 6) is 0.848. The highest BCUT2D eigenvalue weighted by atomic mass is 32.1. The summed E-state index contributed by atoms with van der Waals surface area (Å²) in [6, 6.07) is 2.27. The number of nitrogen functional groups attached to an aromatic ring is 1. The number of imidazole rings is 1. The predicted octanol–water partition coefficient (Wildman–Crippen LogP) is 2.72. The Morgan fingerprint density at radius 3 is 2.83 bits per heavy atom. The quantitative estimate of drug-likeness (QED) is 0.768. The van der Waals surface area contributed by atoms with Gasteiger partial charge in [0.15, 0.2) is 11.0 Å². The summed E-state index contributed by atoms with van der Waals surface area (Å²) in [7, 11) is 0. The van der Waals surface area contributed by atoms with Gasteiger partial charge < -0.3 is 10.3 Å². The second kappa shape index (κ2) is 4.06. The summed E-state index contributed by atoms with van der Waals surface area (Å²) in [4.78, 5) is 13.0. The minimum Gasteiger partial charge on any atom is -0.375 e. The molecule has 6 heteroatoms. The Bertz CT molecular complexity index is 697. The second-order valence-electron chi connectivity index (χ2n) is 4.33. The average molecular weight is 259 g/mol. The van der Waals surface area contributed by atoms with E-state index in [1.54, 1.807) is 12.4 Å². The largest absolute Gasteiger partial charge is 0.375 e. The minimum atomic E-state index is 0.301. The summed E-state index contributed by atoms with van der Waals surface area (Å²) < 4.78 is 2.16. The van der Waals surface area contributed by atoms with E-state index in [-0.39, 0.29) is 0 Å². The van der Waals surface area contributed by atoms with Crippen molar-refractivity contribution >= 4 is 27.5 Å². The number of nitrogens with zero attached hydrogens (tertiary/aromatic N) is 4. The number of hydrogen-bond acceptors (Lipinski definition) is 5. The summed E-state index contributed by atoms with van der Waals surface area (Å²) >= 11 is 1.43. The third-order valence-corrected chi connectivity index (χ3v) is 3.43. The third-order valence-electron chi connectivity index (χ3n) is 2.76. The number of rotatable bonds is 2. The first-order valence-electron chi connectivity index (χ1n) is 5.70. The number of anilines is 1. The van der Waals surface area contributed by atoms with Gasteiger partial charge in [0.1, 0.15) is 11.2 Å². The topological polar surface area (TPSA) is 69.6 Å². The number of nitrogens with two attached hydrogens (primary N) is 1. The molecule has 5 nitrogen and oxygen atoms in total. The SMILES string of the molecule is CC(C)n1c(-c2csc(N)n2)nc2cnccc21. The first-order chi connectivity index (χ1) is 8.66. The van der Waals surface area contributed by atoms with Gasteiger partial charge in [-0.05, 0) is 19.9 Å². The van der Waals surface area contributed by atoms with Crippen molar-refractivity contribution in [3.05, 3.63) is 23.8 Å². The van der Waals surface area contributed by atoms with Gasteiger partial charge in [0.05, 0.1) is 11.7 Å². The van der Waals surface area contributed by atoms with E-state index in [2.05, 4.69) is 33.4 Å². The Balaban J connectivity index is 2.31. The Morgan fingerprint density at radius 1 is 1.33 bits per heavy atom. The van der Waals surface area contributed by atoms with Gasteiger partial charge in [0.2, 0.25) is 0 Å². The van der Waals surface area contributed by atoms with Crippen molar-refractivity contribution in [1.29, 1.82) is 0 Å². The lowest BCUT2D eigenvalue weighted by Crippen LogP contribution is -2.03. The summed E-state index contributed by atoms with van der Waals surface area (Å²) in [6.45, 7) is 4.25. The van der Waals surface area contributed by atoms with Crippen molar-refractivity contribution in [2.75, 3.05) is 5.73 Å². The van der Waals surface area contributed by atoms with E-state index in [0.717, 1.165) is 22.6 Å². The molecule has 0 aromatic carbocycles. The molecule has 3 rings (SSSR count). The van der Waals surface area contributed by atoms with E-state index < -0.39 is 0 Å². The van der Waals surface area contributed by atoms with E-state index >= 15 is 0 Å². The van der Waals surface area contributed by atoms with E-state index in [0.29, 0.717) is 11.2 Å². The number of fused-ring (bicyclic) bond motifs is 1. The molecule has 0 atom stereocenters. The van der Waals surface area contributed by atoms with E-state index in [9.17, 15) is 0 Å². The molecule has 3 heterocycles. The normalized spacial score (nSPS) is 11.5. The predicted molar refractivity (Wildman–Crippen MR) is 73.4 cm³/mol. The van der Waals surface area contributed by atoms with Crippen molar-refractivity contribution in [3.8, 4) is 11.5 Å². The van der Waals surface area contributed by atoms with Gasteiger partial charge in [-0.1, -0.05) is 0 Å². The molecule has 0 spiro atoms. The molecule has 0 unspecified atom stereocenters. The Hall–Kier alpha value is -1.95. The minimum absolute atomic E-state index is 0.301. The fraction of sp³-hybridized carbons (Fsp3) is 0.250. The van der Waals surface area contributed by atoms with Gasteiger partial charge in [-0.15, -0.1) is 11.3 Å². The average Bonchev–Trinajstić information content (AvgIpc) is 2.91. The van der Waals surface area contributed by atoms with Crippen LogP contribution >= 0.6 is 11.3 Å². The number of aromatic nitrogens is 4. The first kappa shape index (κ1) is 11.2. The summed E-state index contributed by atoms with van der Waals surface area (Å²) in [6.07, 6.45) is 3.55. The van der Waals surface area contributed by atoms with E-state index in [1.807, 2.05) is 11.4 Å². The van der Waals surface area contributed by atoms with Crippen LogP contribution in [0.15, 0.2) is 23.8 Å². The fourth-order valence-corrected chi connectivity index (χ4v) is 2.59. The lowest BCUT2D eigenvalue weighted by atomic mass is 10.3. The lowest BCUT2D eigenvalue weighted by molar-refractivity contribution is 0.623. The molecule has 0 saturated carbocycles. The molecule has 0 aliphatic heterocycles. The van der Waals surface area contributed by atoms with Crippen LogP contribution < -0.4 is 5.73 Å². The van der Waals surface area contributed by atoms with Crippen molar-refractivity contribution < 1.29 is 0 Å².